The number of aromatic nitrogens is 2. The fourth-order valence-electron chi connectivity index (χ4n) is 2.80. The Morgan fingerprint density at radius 1 is 1.15 bits per heavy atom. The second-order valence-corrected chi connectivity index (χ2v) is 4.84. The van der Waals surface area contributed by atoms with Crippen molar-refractivity contribution in [3.63, 3.8) is 0 Å². The number of rotatable bonds is 1. The molecule has 3 aromatic rings. The zero-order valence-corrected chi connectivity index (χ0v) is 11.0. The summed E-state index contributed by atoms with van der Waals surface area (Å²) in [4.78, 5) is 17.4. The Bertz CT molecular complexity index is 897. The van der Waals surface area contributed by atoms with Gasteiger partial charge in [0.1, 0.15) is 17.0 Å². The molecule has 0 aliphatic carbocycles. The van der Waals surface area contributed by atoms with Gasteiger partial charge in [-0.05, 0) is 17.7 Å². The average Bonchev–Trinajstić information content (AvgIpc) is 2.86. The maximum atomic E-state index is 12.7. The van der Waals surface area contributed by atoms with E-state index in [-0.39, 0.29) is 5.56 Å². The minimum atomic E-state index is -0.0429. The van der Waals surface area contributed by atoms with E-state index in [0.29, 0.717) is 23.2 Å². The van der Waals surface area contributed by atoms with Crippen LogP contribution in [0.5, 0.6) is 5.75 Å². The van der Waals surface area contributed by atoms with Gasteiger partial charge in [0.25, 0.3) is 5.56 Å². The van der Waals surface area contributed by atoms with Gasteiger partial charge in [-0.2, -0.15) is 0 Å². The molecule has 0 unspecified atom stereocenters. The third-order valence-corrected chi connectivity index (χ3v) is 3.75. The van der Waals surface area contributed by atoms with E-state index in [4.69, 9.17) is 4.74 Å². The lowest BCUT2D eigenvalue weighted by atomic mass is 10.1. The van der Waals surface area contributed by atoms with Crippen LogP contribution in [-0.2, 0) is 6.54 Å². The van der Waals surface area contributed by atoms with Crippen molar-refractivity contribution < 1.29 is 4.74 Å². The predicted octanol–water partition coefficient (Wildman–Crippen LogP) is 2.43. The van der Waals surface area contributed by atoms with Crippen molar-refractivity contribution in [1.29, 1.82) is 0 Å². The Balaban J connectivity index is 2.13. The van der Waals surface area contributed by atoms with Gasteiger partial charge in [0.15, 0.2) is 0 Å². The summed E-state index contributed by atoms with van der Waals surface area (Å²) >= 11 is 0. The van der Waals surface area contributed by atoms with Crippen LogP contribution in [0.1, 0.15) is 5.56 Å². The van der Waals surface area contributed by atoms with Gasteiger partial charge in [-0.1, -0.05) is 30.3 Å². The topological polar surface area (TPSA) is 44.1 Å². The van der Waals surface area contributed by atoms with E-state index >= 15 is 0 Å². The van der Waals surface area contributed by atoms with Gasteiger partial charge in [-0.3, -0.25) is 9.36 Å². The fourth-order valence-corrected chi connectivity index (χ4v) is 2.80. The first-order valence-electron chi connectivity index (χ1n) is 6.45. The van der Waals surface area contributed by atoms with Crippen molar-refractivity contribution in [2.75, 3.05) is 7.11 Å². The molecule has 0 saturated heterocycles. The molecule has 20 heavy (non-hydrogen) atoms. The quantitative estimate of drug-likeness (QED) is 0.530. The van der Waals surface area contributed by atoms with Gasteiger partial charge >= 0.3 is 0 Å². The average molecular weight is 264 g/mol. The number of methoxy groups -OCH3 is 1. The smallest absolute Gasteiger partial charge is 0.265 e. The highest BCUT2D eigenvalue weighted by Gasteiger charge is 2.22. The summed E-state index contributed by atoms with van der Waals surface area (Å²) in [5, 5.41) is 0.548. The van der Waals surface area contributed by atoms with E-state index in [2.05, 4.69) is 4.98 Å². The maximum absolute atomic E-state index is 12.7. The summed E-state index contributed by atoms with van der Waals surface area (Å²) in [6.45, 7) is 0.575. The number of hydrogen-bond donors (Lipinski definition) is 0. The Labute approximate surface area is 115 Å². The third-order valence-electron chi connectivity index (χ3n) is 3.75. The highest BCUT2D eigenvalue weighted by molar-refractivity contribution is 5.86. The summed E-state index contributed by atoms with van der Waals surface area (Å²) < 4.78 is 7.01. The molecular formula is C16H12N2O2. The largest absolute Gasteiger partial charge is 0.496 e. The Morgan fingerprint density at radius 2 is 2.00 bits per heavy atom. The number of hydrogen-bond acceptors (Lipinski definition) is 3. The lowest BCUT2D eigenvalue weighted by Crippen LogP contribution is -2.20. The van der Waals surface area contributed by atoms with E-state index in [1.54, 1.807) is 17.7 Å². The Morgan fingerprint density at radius 3 is 2.85 bits per heavy atom. The van der Waals surface area contributed by atoms with Crippen LogP contribution in [0, 0.1) is 0 Å². The van der Waals surface area contributed by atoms with Crippen molar-refractivity contribution in [2.24, 2.45) is 0 Å². The summed E-state index contributed by atoms with van der Waals surface area (Å²) in [6, 6.07) is 13.5. The van der Waals surface area contributed by atoms with Crippen LogP contribution in [-0.4, -0.2) is 16.7 Å². The van der Waals surface area contributed by atoms with Crippen molar-refractivity contribution in [3.8, 4) is 17.1 Å². The first kappa shape index (κ1) is 11.2. The molecule has 0 bridgehead atoms. The minimum Gasteiger partial charge on any atom is -0.496 e. The summed E-state index contributed by atoms with van der Waals surface area (Å²) in [6.07, 6.45) is 0. The normalized spacial score (nSPS) is 12.2. The Kier molecular flexibility index (Phi) is 2.21. The number of nitrogens with zero attached hydrogens (tertiary/aromatic N) is 2. The molecule has 0 radical (unpaired) electrons. The van der Waals surface area contributed by atoms with E-state index in [1.165, 1.54) is 0 Å². The summed E-state index contributed by atoms with van der Waals surface area (Å²) in [5.74, 6) is 1.32. The van der Waals surface area contributed by atoms with Crippen molar-refractivity contribution in [2.45, 2.75) is 6.54 Å². The van der Waals surface area contributed by atoms with Crippen LogP contribution in [0.25, 0.3) is 22.3 Å². The minimum absolute atomic E-state index is 0.0429. The standard InChI is InChI=1S/C16H12N2O2/c1-20-13-8-4-7-12-14(13)16(19)18-9-10-5-2-3-6-11(10)15(18)17-12/h2-8H,9H2,1H3. The third kappa shape index (κ3) is 1.36. The molecule has 2 aromatic carbocycles. The van der Waals surface area contributed by atoms with Crippen LogP contribution >= 0.6 is 0 Å². The molecule has 0 N–H and O–H groups in total. The van der Waals surface area contributed by atoms with Crippen LogP contribution in [0.2, 0.25) is 0 Å². The zero-order chi connectivity index (χ0) is 13.7. The van der Waals surface area contributed by atoms with E-state index in [9.17, 15) is 4.79 Å². The van der Waals surface area contributed by atoms with Gasteiger partial charge in [0.05, 0.1) is 19.2 Å². The SMILES string of the molecule is COc1cccc2nc3n(c(=O)c12)Cc1ccccc1-3. The first-order valence-corrected chi connectivity index (χ1v) is 6.45. The number of fused-ring (bicyclic) bond motifs is 4. The molecule has 0 amide bonds. The van der Waals surface area contributed by atoms with Gasteiger partial charge in [-0.25, -0.2) is 4.98 Å². The molecule has 1 aromatic heterocycles. The fraction of sp³-hybridized carbons (Fsp3) is 0.125. The first-order chi connectivity index (χ1) is 9.79. The highest BCUT2D eigenvalue weighted by atomic mass is 16.5. The van der Waals surface area contributed by atoms with Crippen LogP contribution < -0.4 is 10.3 Å². The molecule has 0 spiro atoms. The highest BCUT2D eigenvalue weighted by Crippen LogP contribution is 2.31. The second kappa shape index (κ2) is 3.93. The van der Waals surface area contributed by atoms with Crippen molar-refractivity contribution in [1.82, 2.24) is 9.55 Å². The molecule has 0 atom stereocenters. The molecule has 0 saturated carbocycles. The predicted molar refractivity (Wildman–Crippen MR) is 77.1 cm³/mol. The van der Waals surface area contributed by atoms with Crippen molar-refractivity contribution in [3.05, 3.63) is 58.4 Å². The van der Waals surface area contributed by atoms with Gasteiger partial charge in [0, 0.05) is 5.56 Å². The molecule has 1 aliphatic heterocycles. The van der Waals surface area contributed by atoms with E-state index in [1.807, 2.05) is 36.4 Å². The van der Waals surface area contributed by atoms with Crippen LogP contribution in [0.15, 0.2) is 47.3 Å². The molecular weight excluding hydrogens is 252 g/mol. The molecule has 98 valence electrons. The molecule has 4 heteroatoms. The summed E-state index contributed by atoms with van der Waals surface area (Å²) in [7, 11) is 1.57. The van der Waals surface area contributed by atoms with Crippen molar-refractivity contribution >= 4 is 10.9 Å². The summed E-state index contributed by atoms with van der Waals surface area (Å²) in [5.41, 5.74) is 2.80. The van der Waals surface area contributed by atoms with E-state index in [0.717, 1.165) is 17.0 Å². The molecule has 4 rings (SSSR count). The maximum Gasteiger partial charge on any atom is 0.265 e. The van der Waals surface area contributed by atoms with Crippen LogP contribution in [0.4, 0.5) is 0 Å². The Hall–Kier alpha value is -2.62. The molecule has 0 fully saturated rings. The second-order valence-electron chi connectivity index (χ2n) is 4.84. The van der Waals surface area contributed by atoms with Gasteiger partial charge in [-0.15, -0.1) is 0 Å². The zero-order valence-electron chi connectivity index (χ0n) is 11.0. The lowest BCUT2D eigenvalue weighted by molar-refractivity contribution is 0.419. The van der Waals surface area contributed by atoms with Gasteiger partial charge < -0.3 is 4.74 Å². The number of ether oxygens (including phenoxy) is 1. The molecule has 4 nitrogen and oxygen atoms in total. The lowest BCUT2D eigenvalue weighted by Gasteiger charge is -2.08. The molecule has 2 heterocycles. The molecule has 1 aliphatic rings. The van der Waals surface area contributed by atoms with E-state index < -0.39 is 0 Å². The van der Waals surface area contributed by atoms with Crippen LogP contribution in [0.3, 0.4) is 0 Å². The number of benzene rings is 2. The van der Waals surface area contributed by atoms with Gasteiger partial charge in [0.2, 0.25) is 0 Å². The monoisotopic (exact) mass is 264 g/mol.